The maximum atomic E-state index is 13.8. The number of carbonyl (C=O) groups is 2. The molecule has 3 atom stereocenters. The lowest BCUT2D eigenvalue weighted by molar-refractivity contribution is -0.171. The van der Waals surface area contributed by atoms with E-state index in [1.54, 1.807) is 31.3 Å². The van der Waals surface area contributed by atoms with Crippen LogP contribution in [0.2, 0.25) is 0 Å². The Kier molecular flexibility index (Phi) is 6.38. The highest BCUT2D eigenvalue weighted by Gasteiger charge is 2.48. The van der Waals surface area contributed by atoms with Gasteiger partial charge in [-0.1, -0.05) is 25.1 Å². The molecule has 8 nitrogen and oxygen atoms in total. The minimum Gasteiger partial charge on any atom is -0.493 e. The fourth-order valence-electron chi connectivity index (χ4n) is 4.82. The number of aliphatic carboxylic acids is 1. The molecule has 5 rings (SSSR count). The quantitative estimate of drug-likeness (QED) is 0.445. The predicted molar refractivity (Wildman–Crippen MR) is 132 cm³/mol. The van der Waals surface area contributed by atoms with E-state index in [0.717, 1.165) is 5.56 Å². The fraction of sp³-hybridized carbons (Fsp3) is 0.296. The van der Waals surface area contributed by atoms with Crippen LogP contribution in [-0.2, 0) is 9.59 Å². The number of hydrogen-bond donors (Lipinski definition) is 2. The van der Waals surface area contributed by atoms with Crippen molar-refractivity contribution in [3.05, 3.63) is 71.4 Å². The van der Waals surface area contributed by atoms with Crippen molar-refractivity contribution in [3.8, 4) is 11.5 Å². The highest BCUT2D eigenvalue weighted by atomic mass is 19.4. The van der Waals surface area contributed by atoms with Crippen molar-refractivity contribution in [3.63, 3.8) is 0 Å². The number of rotatable bonds is 6. The summed E-state index contributed by atoms with van der Waals surface area (Å²) in [5.41, 5.74) is 2.41. The first-order chi connectivity index (χ1) is 18.0. The van der Waals surface area contributed by atoms with Crippen molar-refractivity contribution < 1.29 is 37.3 Å². The third-order valence-corrected chi connectivity index (χ3v) is 6.83. The van der Waals surface area contributed by atoms with Gasteiger partial charge in [-0.25, -0.2) is 4.98 Å². The van der Waals surface area contributed by atoms with Gasteiger partial charge in [0.2, 0.25) is 0 Å². The zero-order valence-corrected chi connectivity index (χ0v) is 20.5. The van der Waals surface area contributed by atoms with Gasteiger partial charge in [0.15, 0.2) is 0 Å². The second kappa shape index (κ2) is 9.55. The average molecular weight is 527 g/mol. The number of carboxylic acid groups (broad SMARTS) is 1. The maximum absolute atomic E-state index is 13.8. The molecule has 2 aromatic carbocycles. The molecule has 0 saturated heterocycles. The lowest BCUT2D eigenvalue weighted by Gasteiger charge is -2.29. The third kappa shape index (κ3) is 4.59. The van der Waals surface area contributed by atoms with Crippen molar-refractivity contribution >= 4 is 29.1 Å². The molecule has 0 spiro atoms. The monoisotopic (exact) mass is 527 g/mol. The lowest BCUT2D eigenvalue weighted by Crippen LogP contribution is -2.44. The summed E-state index contributed by atoms with van der Waals surface area (Å²) in [6.07, 6.45) is -3.52. The van der Waals surface area contributed by atoms with Gasteiger partial charge >= 0.3 is 18.1 Å². The molecule has 38 heavy (non-hydrogen) atoms. The molecule has 0 bridgehead atoms. The summed E-state index contributed by atoms with van der Waals surface area (Å²) in [5.74, 6) is -3.15. The summed E-state index contributed by atoms with van der Waals surface area (Å²) in [7, 11) is 0. The van der Waals surface area contributed by atoms with Crippen LogP contribution < -0.4 is 19.7 Å². The van der Waals surface area contributed by atoms with Crippen LogP contribution in [0.3, 0.4) is 0 Å². The molecule has 1 unspecified atom stereocenters. The molecule has 1 aromatic heterocycles. The Labute approximate surface area is 216 Å². The molecule has 0 radical (unpaired) electrons. The van der Waals surface area contributed by atoms with Gasteiger partial charge in [-0.3, -0.25) is 14.5 Å². The van der Waals surface area contributed by atoms with Crippen molar-refractivity contribution in [2.75, 3.05) is 23.4 Å². The molecule has 0 fully saturated rings. The van der Waals surface area contributed by atoms with Crippen molar-refractivity contribution in [2.45, 2.75) is 32.0 Å². The van der Waals surface area contributed by atoms with Gasteiger partial charge in [-0.05, 0) is 36.8 Å². The molecule has 0 saturated carbocycles. The zero-order chi connectivity index (χ0) is 27.2. The molecule has 1 amide bonds. The smallest absolute Gasteiger partial charge is 0.471 e. The van der Waals surface area contributed by atoms with E-state index < -0.39 is 35.9 Å². The number of alkyl halides is 3. The number of carboxylic acids is 1. The van der Waals surface area contributed by atoms with Crippen LogP contribution in [0.1, 0.15) is 35.6 Å². The number of carbonyl (C=O) groups excluding carboxylic acids is 1. The number of hydrogen-bond acceptors (Lipinski definition) is 6. The number of nitrogens with one attached hydrogen (secondary N) is 1. The Hall–Kier alpha value is -4.28. The van der Waals surface area contributed by atoms with E-state index in [2.05, 4.69) is 10.3 Å². The Morgan fingerprint density at radius 3 is 2.61 bits per heavy atom. The van der Waals surface area contributed by atoms with Crippen LogP contribution in [0.15, 0.2) is 54.7 Å². The number of fused-ring (bicyclic) bond motifs is 2. The third-order valence-electron chi connectivity index (χ3n) is 6.83. The summed E-state index contributed by atoms with van der Waals surface area (Å²) in [4.78, 5) is 29.1. The largest absolute Gasteiger partial charge is 0.493 e. The standard InChI is InChI=1S/C27H24F3N3O5/c1-14-8-9-31-23(10-14)32-20-5-3-4-18-21(13-38-24(18)20)33(26(36)27(28,29)30)16-6-7-17-19(15(2)25(34)35)12-37-22(17)11-16/h3-11,15,19,21H,12-13H2,1-2H3,(H,31,32)(H,34,35)/t15?,19-,21+/m0/s1. The summed E-state index contributed by atoms with van der Waals surface area (Å²) < 4.78 is 52.9. The van der Waals surface area contributed by atoms with Gasteiger partial charge in [0.05, 0.1) is 24.3 Å². The van der Waals surface area contributed by atoms with Crippen LogP contribution in [0.5, 0.6) is 11.5 Å². The molecule has 2 aliphatic rings. The van der Waals surface area contributed by atoms with Crippen LogP contribution in [-0.4, -0.2) is 41.4 Å². The Bertz CT molecular complexity index is 1410. The van der Waals surface area contributed by atoms with Crippen LogP contribution in [0.4, 0.5) is 30.4 Å². The number of para-hydroxylation sites is 1. The lowest BCUT2D eigenvalue weighted by atomic mass is 9.89. The summed E-state index contributed by atoms with van der Waals surface area (Å²) >= 11 is 0. The summed E-state index contributed by atoms with van der Waals surface area (Å²) in [6.45, 7) is 3.33. The first-order valence-corrected chi connectivity index (χ1v) is 11.9. The van der Waals surface area contributed by atoms with E-state index in [1.165, 1.54) is 18.2 Å². The topological polar surface area (TPSA) is 101 Å². The number of aryl methyl sites for hydroxylation is 1. The first kappa shape index (κ1) is 25.4. The van der Waals surface area contributed by atoms with E-state index in [0.29, 0.717) is 33.3 Å². The number of ether oxygens (including phenoxy) is 2. The molecule has 3 heterocycles. The minimum atomic E-state index is -5.15. The fourth-order valence-corrected chi connectivity index (χ4v) is 4.82. The van der Waals surface area contributed by atoms with Crippen molar-refractivity contribution in [1.29, 1.82) is 0 Å². The van der Waals surface area contributed by atoms with E-state index in [4.69, 9.17) is 9.47 Å². The van der Waals surface area contributed by atoms with E-state index in [1.807, 2.05) is 19.1 Å². The molecular weight excluding hydrogens is 503 g/mol. The zero-order valence-electron chi connectivity index (χ0n) is 20.5. The SMILES string of the molecule is Cc1ccnc(Nc2cccc3c2OC[C@H]3N(C(=O)C(F)(F)F)c2ccc3c(c2)OC[C@H]3C(C)C(=O)O)c1. The van der Waals surface area contributed by atoms with Gasteiger partial charge in [0, 0.05) is 35.0 Å². The highest BCUT2D eigenvalue weighted by Crippen LogP contribution is 2.47. The summed E-state index contributed by atoms with van der Waals surface area (Å²) in [5, 5.41) is 12.5. The number of halogens is 3. The molecule has 3 aromatic rings. The number of amides is 1. The first-order valence-electron chi connectivity index (χ1n) is 11.9. The Morgan fingerprint density at radius 1 is 1.11 bits per heavy atom. The number of benzene rings is 2. The summed E-state index contributed by atoms with van der Waals surface area (Å²) in [6, 6.07) is 11.8. The number of nitrogens with zero attached hydrogens (tertiary/aromatic N) is 2. The van der Waals surface area contributed by atoms with E-state index >= 15 is 0 Å². The maximum Gasteiger partial charge on any atom is 0.471 e. The average Bonchev–Trinajstić information content (AvgIpc) is 3.48. The van der Waals surface area contributed by atoms with Crippen LogP contribution >= 0.6 is 0 Å². The highest BCUT2D eigenvalue weighted by molar-refractivity contribution is 5.98. The molecule has 2 N–H and O–H groups in total. The number of aromatic nitrogens is 1. The van der Waals surface area contributed by atoms with E-state index in [-0.39, 0.29) is 24.7 Å². The van der Waals surface area contributed by atoms with Crippen molar-refractivity contribution in [1.82, 2.24) is 4.98 Å². The van der Waals surface area contributed by atoms with Gasteiger partial charge in [-0.15, -0.1) is 0 Å². The van der Waals surface area contributed by atoms with Crippen LogP contribution in [0.25, 0.3) is 0 Å². The van der Waals surface area contributed by atoms with Gasteiger partial charge in [0.25, 0.3) is 0 Å². The predicted octanol–water partition coefficient (Wildman–Crippen LogP) is 5.36. The number of pyridine rings is 1. The molecule has 0 aliphatic carbocycles. The normalized spacial score (nSPS) is 18.6. The van der Waals surface area contributed by atoms with Gasteiger partial charge < -0.3 is 19.9 Å². The van der Waals surface area contributed by atoms with Gasteiger partial charge in [-0.2, -0.15) is 13.2 Å². The second-order valence-electron chi connectivity index (χ2n) is 9.33. The Morgan fingerprint density at radius 2 is 1.89 bits per heavy atom. The molecule has 198 valence electrons. The van der Waals surface area contributed by atoms with Gasteiger partial charge in [0.1, 0.15) is 23.9 Å². The Balaban J connectivity index is 1.52. The second-order valence-corrected chi connectivity index (χ2v) is 9.33. The minimum absolute atomic E-state index is 0.0325. The molecular formula is C27H24F3N3O5. The van der Waals surface area contributed by atoms with E-state index in [9.17, 15) is 27.9 Å². The van der Waals surface area contributed by atoms with Crippen LogP contribution in [0, 0.1) is 12.8 Å². The molecule has 2 aliphatic heterocycles. The van der Waals surface area contributed by atoms with Crippen molar-refractivity contribution in [2.24, 2.45) is 5.92 Å². The number of anilines is 3. The molecule has 11 heteroatoms.